The first-order chi connectivity index (χ1) is 9.74. The molecule has 0 heterocycles. The van der Waals surface area contributed by atoms with Gasteiger partial charge in [-0.05, 0) is 36.5 Å². The lowest BCUT2D eigenvalue weighted by atomic mass is 9.85. The number of amides is 1. The van der Waals surface area contributed by atoms with E-state index < -0.39 is 0 Å². The average Bonchev–Trinajstić information content (AvgIpc) is 2.38. The number of carbonyl (C=O) groups excluding carboxylic acids is 1. The Morgan fingerprint density at radius 1 is 1.43 bits per heavy atom. The van der Waals surface area contributed by atoms with Crippen molar-refractivity contribution in [2.75, 3.05) is 13.2 Å². The molecule has 1 aromatic carbocycles. The number of benzene rings is 1. The van der Waals surface area contributed by atoms with Gasteiger partial charge in [0.25, 0.3) is 5.91 Å². The molecule has 0 spiro atoms. The molecule has 21 heavy (non-hydrogen) atoms. The zero-order valence-electron chi connectivity index (χ0n) is 13.1. The van der Waals surface area contributed by atoms with E-state index >= 15 is 0 Å². The number of ether oxygens (including phenoxy) is 1. The monoisotopic (exact) mass is 313 g/mol. The fourth-order valence-corrected chi connectivity index (χ4v) is 2.12. The summed E-state index contributed by atoms with van der Waals surface area (Å²) in [7, 11) is 0. The number of hydrogen-bond acceptors (Lipinski definition) is 3. The van der Waals surface area contributed by atoms with Gasteiger partial charge >= 0.3 is 0 Å². The van der Waals surface area contributed by atoms with Crippen LogP contribution in [-0.2, 0) is 4.79 Å². The summed E-state index contributed by atoms with van der Waals surface area (Å²) < 4.78 is 5.46. The predicted octanol–water partition coefficient (Wildman–Crippen LogP) is 2.94. The molecule has 1 rings (SSSR count). The third kappa shape index (κ3) is 5.94. The minimum atomic E-state index is -0.221. The summed E-state index contributed by atoms with van der Waals surface area (Å²) >= 11 is 6.02. The van der Waals surface area contributed by atoms with E-state index in [0.717, 1.165) is 5.56 Å². The Hall–Kier alpha value is -1.26. The molecule has 0 saturated heterocycles. The van der Waals surface area contributed by atoms with Gasteiger partial charge < -0.3 is 15.2 Å². The number of aliphatic hydroxyl groups excluding tert-OH is 1. The molecule has 0 aromatic heterocycles. The lowest BCUT2D eigenvalue weighted by molar-refractivity contribution is -0.124. The van der Waals surface area contributed by atoms with Crippen molar-refractivity contribution in [2.45, 2.75) is 40.2 Å². The predicted molar refractivity (Wildman–Crippen MR) is 84.8 cm³/mol. The highest BCUT2D eigenvalue weighted by molar-refractivity contribution is 6.32. The molecule has 0 fully saturated rings. The van der Waals surface area contributed by atoms with Crippen LogP contribution in [0.25, 0.3) is 0 Å². The van der Waals surface area contributed by atoms with Crippen LogP contribution in [0, 0.1) is 12.3 Å². The highest BCUT2D eigenvalue weighted by Gasteiger charge is 2.25. The van der Waals surface area contributed by atoms with Crippen molar-refractivity contribution in [2.24, 2.45) is 5.41 Å². The minimum absolute atomic E-state index is 0.0345. The van der Waals surface area contributed by atoms with Crippen molar-refractivity contribution >= 4 is 17.5 Å². The topological polar surface area (TPSA) is 58.6 Å². The first kappa shape index (κ1) is 17.8. The molecule has 1 amide bonds. The van der Waals surface area contributed by atoms with Crippen LogP contribution in [0.1, 0.15) is 32.8 Å². The van der Waals surface area contributed by atoms with Gasteiger partial charge in [-0.3, -0.25) is 4.79 Å². The molecule has 118 valence electrons. The van der Waals surface area contributed by atoms with Gasteiger partial charge in [0.05, 0.1) is 5.02 Å². The molecule has 0 aliphatic heterocycles. The third-order valence-electron chi connectivity index (χ3n) is 3.24. The standard InChI is InChI=1S/C16H24ClNO3/c1-11-5-6-12(17)13(9-11)21-10-15(20)18-14(7-8-19)16(2,3)4/h5-6,9,14,19H,7-8,10H2,1-4H3,(H,18,20). The second kappa shape index (κ2) is 7.66. The highest BCUT2D eigenvalue weighted by atomic mass is 35.5. The Balaban J connectivity index is 2.59. The van der Waals surface area contributed by atoms with Crippen molar-refractivity contribution in [1.82, 2.24) is 5.32 Å². The molecule has 0 saturated carbocycles. The second-order valence-electron chi connectivity index (χ2n) is 6.22. The summed E-state index contributed by atoms with van der Waals surface area (Å²) in [5.41, 5.74) is 0.891. The van der Waals surface area contributed by atoms with Crippen LogP contribution in [0.5, 0.6) is 5.75 Å². The number of carbonyl (C=O) groups is 1. The van der Waals surface area contributed by atoms with Crippen LogP contribution in [0.3, 0.4) is 0 Å². The summed E-state index contributed by atoms with van der Waals surface area (Å²) in [4.78, 5) is 12.0. The molecule has 1 aromatic rings. The number of aryl methyl sites for hydroxylation is 1. The van der Waals surface area contributed by atoms with Crippen molar-refractivity contribution in [3.63, 3.8) is 0 Å². The molecular weight excluding hydrogens is 290 g/mol. The molecule has 0 radical (unpaired) electrons. The number of rotatable bonds is 6. The summed E-state index contributed by atoms with van der Waals surface area (Å²) in [6, 6.07) is 5.32. The van der Waals surface area contributed by atoms with Crippen LogP contribution in [-0.4, -0.2) is 30.3 Å². The van der Waals surface area contributed by atoms with E-state index in [0.29, 0.717) is 17.2 Å². The van der Waals surface area contributed by atoms with Crippen LogP contribution in [0.4, 0.5) is 0 Å². The molecular formula is C16H24ClNO3. The molecule has 1 unspecified atom stereocenters. The van der Waals surface area contributed by atoms with E-state index in [1.807, 2.05) is 33.8 Å². The van der Waals surface area contributed by atoms with Gasteiger partial charge in [0, 0.05) is 12.6 Å². The van der Waals surface area contributed by atoms with Gasteiger partial charge in [-0.2, -0.15) is 0 Å². The summed E-state index contributed by atoms with van der Waals surface area (Å²) in [5.74, 6) is 0.280. The maximum atomic E-state index is 12.0. The fraction of sp³-hybridized carbons (Fsp3) is 0.562. The average molecular weight is 314 g/mol. The largest absolute Gasteiger partial charge is 0.482 e. The van der Waals surface area contributed by atoms with E-state index in [1.165, 1.54) is 0 Å². The summed E-state index contributed by atoms with van der Waals surface area (Å²) in [6.45, 7) is 7.93. The van der Waals surface area contributed by atoms with Crippen molar-refractivity contribution in [3.05, 3.63) is 28.8 Å². The molecule has 5 heteroatoms. The van der Waals surface area contributed by atoms with Gasteiger partial charge in [0.1, 0.15) is 5.75 Å². The maximum absolute atomic E-state index is 12.0. The van der Waals surface area contributed by atoms with Crippen molar-refractivity contribution < 1.29 is 14.6 Å². The lowest BCUT2D eigenvalue weighted by Gasteiger charge is -2.31. The van der Waals surface area contributed by atoms with Gasteiger partial charge in [-0.15, -0.1) is 0 Å². The van der Waals surface area contributed by atoms with Crippen molar-refractivity contribution in [1.29, 1.82) is 0 Å². The Morgan fingerprint density at radius 2 is 2.10 bits per heavy atom. The Morgan fingerprint density at radius 3 is 2.67 bits per heavy atom. The van der Waals surface area contributed by atoms with E-state index in [2.05, 4.69) is 5.32 Å². The Bertz CT molecular complexity index is 483. The van der Waals surface area contributed by atoms with E-state index in [-0.39, 0.29) is 30.6 Å². The van der Waals surface area contributed by atoms with Gasteiger partial charge in [0.15, 0.2) is 6.61 Å². The first-order valence-corrected chi connectivity index (χ1v) is 7.41. The molecule has 4 nitrogen and oxygen atoms in total. The summed E-state index contributed by atoms with van der Waals surface area (Å²) in [6.07, 6.45) is 0.514. The maximum Gasteiger partial charge on any atom is 0.258 e. The quantitative estimate of drug-likeness (QED) is 0.849. The van der Waals surface area contributed by atoms with E-state index in [4.69, 9.17) is 21.4 Å². The number of hydrogen-bond donors (Lipinski definition) is 2. The number of nitrogens with one attached hydrogen (secondary N) is 1. The minimum Gasteiger partial charge on any atom is -0.482 e. The second-order valence-corrected chi connectivity index (χ2v) is 6.63. The molecule has 0 aliphatic carbocycles. The van der Waals surface area contributed by atoms with Crippen molar-refractivity contribution in [3.8, 4) is 5.75 Å². The molecule has 2 N–H and O–H groups in total. The number of halogens is 1. The zero-order chi connectivity index (χ0) is 16.0. The van der Waals surface area contributed by atoms with Gasteiger partial charge in [-0.1, -0.05) is 38.4 Å². The van der Waals surface area contributed by atoms with E-state index in [9.17, 15) is 4.79 Å². The lowest BCUT2D eigenvalue weighted by Crippen LogP contribution is -2.46. The van der Waals surface area contributed by atoms with Crippen LogP contribution in [0.2, 0.25) is 5.02 Å². The van der Waals surface area contributed by atoms with Crippen LogP contribution >= 0.6 is 11.6 Å². The Kier molecular flexibility index (Phi) is 6.49. The number of aliphatic hydroxyl groups is 1. The van der Waals surface area contributed by atoms with E-state index in [1.54, 1.807) is 12.1 Å². The van der Waals surface area contributed by atoms with Crippen LogP contribution < -0.4 is 10.1 Å². The molecule has 1 atom stereocenters. The Labute approximate surface area is 131 Å². The summed E-state index contributed by atoms with van der Waals surface area (Å²) in [5, 5.41) is 12.5. The third-order valence-corrected chi connectivity index (χ3v) is 3.56. The molecule has 0 bridgehead atoms. The van der Waals surface area contributed by atoms with Gasteiger partial charge in [-0.25, -0.2) is 0 Å². The van der Waals surface area contributed by atoms with Crippen LogP contribution in [0.15, 0.2) is 18.2 Å². The SMILES string of the molecule is Cc1ccc(Cl)c(OCC(=O)NC(CCO)C(C)(C)C)c1. The molecule has 0 aliphatic rings. The smallest absolute Gasteiger partial charge is 0.258 e. The van der Waals surface area contributed by atoms with Gasteiger partial charge in [0.2, 0.25) is 0 Å². The zero-order valence-corrected chi connectivity index (χ0v) is 13.8. The normalized spacial score (nSPS) is 12.9. The fourth-order valence-electron chi connectivity index (χ4n) is 1.95. The first-order valence-electron chi connectivity index (χ1n) is 7.03. The highest BCUT2D eigenvalue weighted by Crippen LogP contribution is 2.25.